The highest BCUT2D eigenvalue weighted by Gasteiger charge is 2.22. The van der Waals surface area contributed by atoms with Crippen LogP contribution in [0.15, 0.2) is 96.4 Å². The summed E-state index contributed by atoms with van der Waals surface area (Å²) >= 11 is 0. The third kappa shape index (κ3) is 5.45. The molecule has 0 fully saturated rings. The van der Waals surface area contributed by atoms with Crippen LogP contribution in [0.1, 0.15) is 32.0 Å². The van der Waals surface area contributed by atoms with Crippen LogP contribution in [0.5, 0.6) is 0 Å². The van der Waals surface area contributed by atoms with Crippen molar-refractivity contribution in [1.82, 2.24) is 14.8 Å². The van der Waals surface area contributed by atoms with E-state index in [1.165, 1.54) is 5.01 Å². The van der Waals surface area contributed by atoms with Crippen molar-refractivity contribution in [2.45, 2.75) is 33.1 Å². The number of nitrogens with zero attached hydrogens (tertiary/aromatic N) is 5. The molecule has 0 bridgehead atoms. The fourth-order valence-electron chi connectivity index (χ4n) is 4.34. The minimum atomic E-state index is -0.413. The molecule has 2 aromatic heterocycles. The fraction of sp³-hybridized carbons (Fsp3) is 0.161. The lowest BCUT2D eigenvalue weighted by molar-refractivity contribution is 0.262. The smallest absolute Gasteiger partial charge is 0.307 e. The third-order valence-corrected chi connectivity index (χ3v) is 6.42. The molecule has 0 atom stereocenters. The van der Waals surface area contributed by atoms with Crippen LogP contribution in [0.3, 0.4) is 0 Å². The van der Waals surface area contributed by atoms with Gasteiger partial charge < -0.3 is 5.32 Å². The van der Waals surface area contributed by atoms with Crippen LogP contribution in [0.2, 0.25) is 0 Å². The second kappa shape index (κ2) is 10.8. The van der Waals surface area contributed by atoms with Gasteiger partial charge in [-0.05, 0) is 43.3 Å². The number of carbonyl (C=O) groups excluding carboxylic acids is 2. The molecule has 0 spiro atoms. The van der Waals surface area contributed by atoms with E-state index in [0.717, 1.165) is 27.7 Å². The molecule has 40 heavy (non-hydrogen) atoms. The predicted molar refractivity (Wildman–Crippen MR) is 158 cm³/mol. The first-order valence-electron chi connectivity index (χ1n) is 12.8. The van der Waals surface area contributed by atoms with E-state index in [2.05, 4.69) is 41.5 Å². The maximum absolute atomic E-state index is 13.3. The Kier molecular flexibility index (Phi) is 7.14. The number of isocyanates is 1. The standard InChI is InChI=1S/C31H29N7O2/c1-21-9-11-22(12-10-21)38-29(19-28(36-38)31(2,3)4)35-30(40)34-26-13-14-27(25-8-6-5-7-24(25)26)37(33-20-39)23-15-17-32-18-16-23/h5-19H,1-4H3,(H2,34,35,40). The average molecular weight is 532 g/mol. The molecule has 200 valence electrons. The average Bonchev–Trinajstić information content (AvgIpc) is 3.37. The number of aryl methyl sites for hydroxylation is 1. The number of hydrogen-bond acceptors (Lipinski definition) is 6. The molecule has 0 radical (unpaired) electrons. The van der Waals surface area contributed by atoms with Gasteiger partial charge in [-0.1, -0.05) is 67.8 Å². The number of amides is 2. The highest BCUT2D eigenvalue weighted by Crippen LogP contribution is 2.36. The van der Waals surface area contributed by atoms with Crippen LogP contribution in [-0.2, 0) is 10.2 Å². The van der Waals surface area contributed by atoms with Crippen LogP contribution in [0.4, 0.5) is 27.7 Å². The van der Waals surface area contributed by atoms with Gasteiger partial charge in [0.15, 0.2) is 0 Å². The molecule has 0 aliphatic carbocycles. The summed E-state index contributed by atoms with van der Waals surface area (Å²) < 4.78 is 1.74. The Bertz CT molecular complexity index is 1710. The maximum atomic E-state index is 13.3. The van der Waals surface area contributed by atoms with Gasteiger partial charge in [0, 0.05) is 34.6 Å². The number of nitrogens with one attached hydrogen (secondary N) is 2. The summed E-state index contributed by atoms with van der Waals surface area (Å²) in [7, 11) is 0. The zero-order chi connectivity index (χ0) is 28.3. The van der Waals surface area contributed by atoms with Gasteiger partial charge in [0.2, 0.25) is 0 Å². The van der Waals surface area contributed by atoms with Gasteiger partial charge in [0.05, 0.1) is 28.4 Å². The lowest BCUT2D eigenvalue weighted by Crippen LogP contribution is -2.21. The molecule has 5 aromatic rings. The van der Waals surface area contributed by atoms with Crippen molar-refractivity contribution in [2.24, 2.45) is 5.10 Å². The first-order chi connectivity index (χ1) is 19.2. The molecular formula is C31H29N7O2. The van der Waals surface area contributed by atoms with Crippen molar-refractivity contribution in [3.8, 4) is 5.69 Å². The summed E-state index contributed by atoms with van der Waals surface area (Å²) in [5.41, 5.74) is 4.53. The van der Waals surface area contributed by atoms with Crippen molar-refractivity contribution < 1.29 is 9.59 Å². The number of rotatable bonds is 6. The van der Waals surface area contributed by atoms with Gasteiger partial charge >= 0.3 is 6.03 Å². The number of aromatic nitrogens is 3. The van der Waals surface area contributed by atoms with E-state index in [1.807, 2.05) is 61.5 Å². The molecule has 9 heteroatoms. The van der Waals surface area contributed by atoms with E-state index in [1.54, 1.807) is 47.4 Å². The van der Waals surface area contributed by atoms with Gasteiger partial charge in [0.25, 0.3) is 6.08 Å². The van der Waals surface area contributed by atoms with Crippen molar-refractivity contribution in [1.29, 1.82) is 0 Å². The molecule has 3 aromatic carbocycles. The van der Waals surface area contributed by atoms with E-state index >= 15 is 0 Å². The summed E-state index contributed by atoms with van der Waals surface area (Å²) in [6.45, 7) is 8.26. The second-order valence-corrected chi connectivity index (χ2v) is 10.4. The molecule has 0 saturated carbocycles. The topological polar surface area (TPSA) is 105 Å². The lowest BCUT2D eigenvalue weighted by Gasteiger charge is -2.20. The molecule has 2 heterocycles. The van der Waals surface area contributed by atoms with Gasteiger partial charge in [-0.3, -0.25) is 10.3 Å². The number of pyridine rings is 1. The Morgan fingerprint density at radius 3 is 2.30 bits per heavy atom. The molecule has 9 nitrogen and oxygen atoms in total. The Labute approximate surface area is 232 Å². The number of urea groups is 1. The van der Waals surface area contributed by atoms with Gasteiger partial charge in [-0.25, -0.2) is 19.3 Å². The summed E-state index contributed by atoms with van der Waals surface area (Å²) in [6.07, 6.45) is 4.88. The van der Waals surface area contributed by atoms with Crippen LogP contribution >= 0.6 is 0 Å². The molecule has 5 rings (SSSR count). The Morgan fingerprint density at radius 1 is 0.925 bits per heavy atom. The number of fused-ring (bicyclic) bond motifs is 1. The molecule has 0 aliphatic heterocycles. The van der Waals surface area contributed by atoms with E-state index in [4.69, 9.17) is 5.10 Å². The van der Waals surface area contributed by atoms with Gasteiger partial charge in [-0.2, -0.15) is 5.10 Å². The number of hydrogen-bond donors (Lipinski definition) is 2. The van der Waals surface area contributed by atoms with Crippen LogP contribution in [-0.4, -0.2) is 26.9 Å². The molecular weight excluding hydrogens is 502 g/mol. The highest BCUT2D eigenvalue weighted by molar-refractivity contribution is 6.09. The Morgan fingerprint density at radius 2 is 1.62 bits per heavy atom. The van der Waals surface area contributed by atoms with E-state index in [0.29, 0.717) is 22.9 Å². The fourth-order valence-corrected chi connectivity index (χ4v) is 4.34. The van der Waals surface area contributed by atoms with Gasteiger partial charge in [0.1, 0.15) is 5.82 Å². The van der Waals surface area contributed by atoms with Crippen molar-refractivity contribution in [2.75, 3.05) is 15.6 Å². The largest absolute Gasteiger partial charge is 0.324 e. The normalized spacial score (nSPS) is 11.1. The second-order valence-electron chi connectivity index (χ2n) is 10.4. The van der Waals surface area contributed by atoms with E-state index in [-0.39, 0.29) is 5.41 Å². The van der Waals surface area contributed by atoms with Crippen LogP contribution in [0, 0.1) is 6.92 Å². The van der Waals surface area contributed by atoms with Crippen LogP contribution in [0.25, 0.3) is 16.5 Å². The summed E-state index contributed by atoms with van der Waals surface area (Å²) in [6, 6.07) is 24.1. The first-order valence-corrected chi connectivity index (χ1v) is 12.8. The maximum Gasteiger partial charge on any atom is 0.324 e. The molecule has 2 N–H and O–H groups in total. The number of benzene rings is 3. The molecule has 2 amide bonds. The number of anilines is 4. The van der Waals surface area contributed by atoms with E-state index in [9.17, 15) is 9.59 Å². The zero-order valence-corrected chi connectivity index (χ0v) is 22.7. The van der Waals surface area contributed by atoms with Crippen molar-refractivity contribution >= 4 is 45.8 Å². The summed E-state index contributed by atoms with van der Waals surface area (Å²) in [4.78, 5) is 28.6. The quantitative estimate of drug-likeness (QED) is 0.139. The van der Waals surface area contributed by atoms with Crippen LogP contribution < -0.4 is 15.6 Å². The Balaban J connectivity index is 1.48. The minimum Gasteiger partial charge on any atom is -0.307 e. The first kappa shape index (κ1) is 26.3. The molecule has 0 unspecified atom stereocenters. The number of carbonyl (C=O) groups is 1. The number of hydrazone groups is 1. The van der Waals surface area contributed by atoms with Gasteiger partial charge in [-0.15, -0.1) is 0 Å². The lowest BCUT2D eigenvalue weighted by atomic mass is 9.92. The SMILES string of the molecule is Cc1ccc(-n2nc(C(C)(C)C)cc2NC(=O)Nc2ccc(N(N=C=O)c3ccncc3)c3ccccc23)cc1. The van der Waals surface area contributed by atoms with E-state index < -0.39 is 6.03 Å². The molecule has 0 aliphatic rings. The Hall–Kier alpha value is -5.27. The minimum absolute atomic E-state index is 0.209. The summed E-state index contributed by atoms with van der Waals surface area (Å²) in [5, 5.41) is 17.7. The predicted octanol–water partition coefficient (Wildman–Crippen LogP) is 7.06. The summed E-state index contributed by atoms with van der Waals surface area (Å²) in [5.74, 6) is 0.552. The third-order valence-electron chi connectivity index (χ3n) is 6.42. The molecule has 0 saturated heterocycles. The monoisotopic (exact) mass is 531 g/mol. The zero-order valence-electron chi connectivity index (χ0n) is 22.7. The van der Waals surface area contributed by atoms with Crippen molar-refractivity contribution in [3.05, 3.63) is 103 Å². The van der Waals surface area contributed by atoms with Crippen molar-refractivity contribution in [3.63, 3.8) is 0 Å². The highest BCUT2D eigenvalue weighted by atomic mass is 16.2.